The van der Waals surface area contributed by atoms with Gasteiger partial charge in [0.15, 0.2) is 5.88 Å². The molecule has 0 saturated carbocycles. The molecule has 0 aliphatic carbocycles. The van der Waals surface area contributed by atoms with E-state index in [2.05, 4.69) is 4.90 Å². The van der Waals surface area contributed by atoms with Crippen molar-refractivity contribution < 1.29 is 8.81 Å². The van der Waals surface area contributed by atoms with Crippen molar-refractivity contribution in [1.82, 2.24) is 0 Å². The first-order valence-corrected chi connectivity index (χ1v) is 5.42. The lowest BCUT2D eigenvalue weighted by Gasteiger charge is -2.13. The minimum Gasteiger partial charge on any atom is -0.441 e. The number of nitrogens with two attached hydrogens (primary N) is 1. The summed E-state index contributed by atoms with van der Waals surface area (Å²) in [5, 5.41) is 0.801. The van der Waals surface area contributed by atoms with E-state index in [-0.39, 0.29) is 11.9 Å². The summed E-state index contributed by atoms with van der Waals surface area (Å²) in [6.07, 6.45) is 0.978. The van der Waals surface area contributed by atoms with Crippen LogP contribution in [0.4, 0.5) is 10.3 Å². The van der Waals surface area contributed by atoms with Crippen LogP contribution in [0.1, 0.15) is 6.42 Å². The number of rotatable bonds is 1. The fourth-order valence-electron chi connectivity index (χ4n) is 2.14. The Balaban J connectivity index is 1.99. The van der Waals surface area contributed by atoms with Gasteiger partial charge in [0.2, 0.25) is 0 Å². The van der Waals surface area contributed by atoms with E-state index in [1.165, 1.54) is 12.1 Å². The van der Waals surface area contributed by atoms with Crippen LogP contribution in [0.3, 0.4) is 0 Å². The smallest absolute Gasteiger partial charge is 0.196 e. The Morgan fingerprint density at radius 2 is 2.25 bits per heavy atom. The Labute approximate surface area is 92.6 Å². The highest BCUT2D eigenvalue weighted by Crippen LogP contribution is 2.28. The SMILES string of the molecule is NC1CCN(c2cc3cc(F)ccc3o2)C1. The largest absolute Gasteiger partial charge is 0.441 e. The molecule has 1 atom stereocenters. The van der Waals surface area contributed by atoms with E-state index < -0.39 is 0 Å². The van der Waals surface area contributed by atoms with Crippen molar-refractivity contribution >= 4 is 16.9 Å². The van der Waals surface area contributed by atoms with Gasteiger partial charge in [0.1, 0.15) is 11.4 Å². The highest BCUT2D eigenvalue weighted by molar-refractivity contribution is 5.81. The highest BCUT2D eigenvalue weighted by Gasteiger charge is 2.21. The van der Waals surface area contributed by atoms with Crippen LogP contribution in [0.2, 0.25) is 0 Å². The number of hydrogen-bond donors (Lipinski definition) is 1. The molecule has 16 heavy (non-hydrogen) atoms. The van der Waals surface area contributed by atoms with Crippen LogP contribution in [0.25, 0.3) is 11.0 Å². The molecule has 0 amide bonds. The molecular weight excluding hydrogens is 207 g/mol. The van der Waals surface area contributed by atoms with Crippen molar-refractivity contribution in [3.8, 4) is 0 Å². The third-order valence-corrected chi connectivity index (χ3v) is 3.00. The van der Waals surface area contributed by atoms with Gasteiger partial charge >= 0.3 is 0 Å². The molecule has 84 valence electrons. The second-order valence-corrected chi connectivity index (χ2v) is 4.26. The molecule has 0 radical (unpaired) electrons. The maximum atomic E-state index is 13.0. The monoisotopic (exact) mass is 220 g/mol. The molecule has 0 spiro atoms. The molecule has 1 unspecified atom stereocenters. The van der Waals surface area contributed by atoms with Crippen molar-refractivity contribution in [2.75, 3.05) is 18.0 Å². The second kappa shape index (κ2) is 3.49. The highest BCUT2D eigenvalue weighted by atomic mass is 19.1. The molecule has 2 N–H and O–H groups in total. The Morgan fingerprint density at radius 3 is 3.00 bits per heavy atom. The molecule has 1 aromatic heterocycles. The van der Waals surface area contributed by atoms with Gasteiger partial charge in [0, 0.05) is 30.6 Å². The predicted molar refractivity (Wildman–Crippen MR) is 61.0 cm³/mol. The van der Waals surface area contributed by atoms with Crippen LogP contribution in [0.15, 0.2) is 28.7 Å². The Hall–Kier alpha value is -1.55. The van der Waals surface area contributed by atoms with Gasteiger partial charge in [-0.15, -0.1) is 0 Å². The van der Waals surface area contributed by atoms with Crippen LogP contribution in [0, 0.1) is 5.82 Å². The molecule has 3 nitrogen and oxygen atoms in total. The van der Waals surface area contributed by atoms with Gasteiger partial charge in [-0.25, -0.2) is 4.39 Å². The standard InChI is InChI=1S/C12H13FN2O/c13-9-1-2-11-8(5-9)6-12(16-11)15-4-3-10(14)7-15/h1-2,5-6,10H,3-4,7,14H2. The summed E-state index contributed by atoms with van der Waals surface area (Å²) in [7, 11) is 0. The molecule has 1 saturated heterocycles. The number of benzene rings is 1. The van der Waals surface area contributed by atoms with E-state index in [1.807, 2.05) is 6.07 Å². The van der Waals surface area contributed by atoms with E-state index in [4.69, 9.17) is 10.2 Å². The number of furan rings is 1. The van der Waals surface area contributed by atoms with Crippen LogP contribution in [0.5, 0.6) is 0 Å². The van der Waals surface area contributed by atoms with Crippen molar-refractivity contribution in [2.45, 2.75) is 12.5 Å². The zero-order chi connectivity index (χ0) is 11.1. The van der Waals surface area contributed by atoms with E-state index in [0.29, 0.717) is 0 Å². The van der Waals surface area contributed by atoms with Crippen molar-refractivity contribution in [1.29, 1.82) is 0 Å². The maximum absolute atomic E-state index is 13.0. The summed E-state index contributed by atoms with van der Waals surface area (Å²) >= 11 is 0. The molecule has 0 bridgehead atoms. The fourth-order valence-corrected chi connectivity index (χ4v) is 2.14. The lowest BCUT2D eigenvalue weighted by atomic mass is 10.2. The second-order valence-electron chi connectivity index (χ2n) is 4.26. The van der Waals surface area contributed by atoms with Gasteiger partial charge in [0.25, 0.3) is 0 Å². The van der Waals surface area contributed by atoms with E-state index in [9.17, 15) is 4.39 Å². The summed E-state index contributed by atoms with van der Waals surface area (Å²) in [6.45, 7) is 1.71. The lowest BCUT2D eigenvalue weighted by molar-refractivity contribution is 0.594. The minimum atomic E-state index is -0.238. The normalized spacial score (nSPS) is 20.9. The van der Waals surface area contributed by atoms with Crippen molar-refractivity contribution in [3.63, 3.8) is 0 Å². The third-order valence-electron chi connectivity index (χ3n) is 3.00. The van der Waals surface area contributed by atoms with E-state index in [0.717, 1.165) is 36.4 Å². The molecule has 4 heteroatoms. The number of halogens is 1. The maximum Gasteiger partial charge on any atom is 0.196 e. The molecule has 2 aromatic rings. The number of anilines is 1. The molecule has 1 aromatic carbocycles. The Kier molecular flexibility index (Phi) is 2.11. The van der Waals surface area contributed by atoms with E-state index in [1.54, 1.807) is 6.07 Å². The van der Waals surface area contributed by atoms with Gasteiger partial charge < -0.3 is 15.1 Å². The summed E-state index contributed by atoms with van der Waals surface area (Å²) < 4.78 is 18.7. The number of nitrogens with zero attached hydrogens (tertiary/aromatic N) is 1. The molecule has 1 fully saturated rings. The van der Waals surface area contributed by atoms with Gasteiger partial charge in [-0.1, -0.05) is 0 Å². The summed E-state index contributed by atoms with van der Waals surface area (Å²) in [5.74, 6) is 0.548. The molecule has 3 rings (SSSR count). The lowest BCUT2D eigenvalue weighted by Crippen LogP contribution is -2.25. The topological polar surface area (TPSA) is 42.4 Å². The average Bonchev–Trinajstić information content (AvgIpc) is 2.83. The van der Waals surface area contributed by atoms with Crippen molar-refractivity contribution in [2.24, 2.45) is 5.73 Å². The molecular formula is C12H13FN2O. The Bertz CT molecular complexity index is 523. The Morgan fingerprint density at radius 1 is 1.38 bits per heavy atom. The molecule has 1 aliphatic rings. The zero-order valence-corrected chi connectivity index (χ0v) is 8.82. The van der Waals surface area contributed by atoms with E-state index >= 15 is 0 Å². The fraction of sp³-hybridized carbons (Fsp3) is 0.333. The van der Waals surface area contributed by atoms with Crippen LogP contribution < -0.4 is 10.6 Å². The summed E-state index contributed by atoms with van der Waals surface area (Å²) in [5.41, 5.74) is 6.56. The van der Waals surface area contributed by atoms with Crippen molar-refractivity contribution in [3.05, 3.63) is 30.1 Å². The third kappa shape index (κ3) is 1.55. The van der Waals surface area contributed by atoms with Crippen LogP contribution >= 0.6 is 0 Å². The summed E-state index contributed by atoms with van der Waals surface area (Å²) in [6, 6.07) is 6.63. The van der Waals surface area contributed by atoms with Gasteiger partial charge in [0.05, 0.1) is 0 Å². The first kappa shape index (κ1) is 9.66. The zero-order valence-electron chi connectivity index (χ0n) is 8.82. The first-order valence-electron chi connectivity index (χ1n) is 5.42. The minimum absolute atomic E-state index is 0.213. The first-order chi connectivity index (χ1) is 7.72. The average molecular weight is 220 g/mol. The van der Waals surface area contributed by atoms with Gasteiger partial charge in [-0.2, -0.15) is 0 Å². The molecule has 1 aliphatic heterocycles. The predicted octanol–water partition coefficient (Wildman–Crippen LogP) is 2.11. The summed E-state index contributed by atoms with van der Waals surface area (Å²) in [4.78, 5) is 2.10. The van der Waals surface area contributed by atoms with Crippen LogP contribution in [-0.4, -0.2) is 19.1 Å². The van der Waals surface area contributed by atoms with Crippen LogP contribution in [-0.2, 0) is 0 Å². The number of fused-ring (bicyclic) bond motifs is 1. The quantitative estimate of drug-likeness (QED) is 0.800. The van der Waals surface area contributed by atoms with Gasteiger partial charge in [-0.3, -0.25) is 0 Å². The van der Waals surface area contributed by atoms with Gasteiger partial charge in [-0.05, 0) is 24.6 Å². The number of hydrogen-bond acceptors (Lipinski definition) is 3. The molecule has 2 heterocycles.